The molecule has 1 heterocycles. The predicted octanol–water partition coefficient (Wildman–Crippen LogP) is 2.12. The number of rotatable bonds is 6. The normalized spacial score (nSPS) is 15.7. The lowest BCUT2D eigenvalue weighted by Crippen LogP contribution is -2.44. The van der Waals surface area contributed by atoms with Crippen molar-refractivity contribution in [2.75, 3.05) is 38.1 Å². The molecular formula is C20H25N3O3S. The quantitative estimate of drug-likeness (QED) is 0.769. The molecule has 0 saturated carbocycles. The summed E-state index contributed by atoms with van der Waals surface area (Å²) in [7, 11) is -1.55. The number of anilines is 1. The van der Waals surface area contributed by atoms with Crippen molar-refractivity contribution in [1.82, 2.24) is 9.62 Å². The van der Waals surface area contributed by atoms with Gasteiger partial charge in [0.15, 0.2) is 5.78 Å². The molecular weight excluding hydrogens is 362 g/mol. The minimum Gasteiger partial charge on any atom is -0.369 e. The first-order valence-corrected chi connectivity index (χ1v) is 10.5. The summed E-state index contributed by atoms with van der Waals surface area (Å²) in [5, 5.41) is 0. The Morgan fingerprint density at radius 2 is 1.70 bits per heavy atom. The molecule has 1 N–H and O–H groups in total. The molecule has 1 aliphatic rings. The third-order valence-corrected chi connectivity index (χ3v) is 6.22. The molecule has 0 amide bonds. The van der Waals surface area contributed by atoms with Gasteiger partial charge in [0.1, 0.15) is 0 Å². The van der Waals surface area contributed by atoms with Crippen LogP contribution in [0.4, 0.5) is 5.69 Å². The predicted molar refractivity (Wildman–Crippen MR) is 107 cm³/mol. The molecule has 144 valence electrons. The molecule has 7 heteroatoms. The van der Waals surface area contributed by atoms with Crippen LogP contribution in [-0.2, 0) is 16.6 Å². The summed E-state index contributed by atoms with van der Waals surface area (Å²) in [5.74, 6) is -0.161. The van der Waals surface area contributed by atoms with Gasteiger partial charge in [-0.15, -0.1) is 0 Å². The monoisotopic (exact) mass is 387 g/mol. The second-order valence-electron chi connectivity index (χ2n) is 6.87. The van der Waals surface area contributed by atoms with Gasteiger partial charge in [0, 0.05) is 44.0 Å². The molecule has 1 aliphatic heterocycles. The van der Waals surface area contributed by atoms with E-state index in [0.29, 0.717) is 5.56 Å². The van der Waals surface area contributed by atoms with Gasteiger partial charge in [0.2, 0.25) is 10.0 Å². The number of hydrogen-bond acceptors (Lipinski definition) is 5. The molecule has 3 rings (SSSR count). The average Bonchev–Trinajstić information content (AvgIpc) is 2.67. The first kappa shape index (κ1) is 19.5. The largest absolute Gasteiger partial charge is 0.369 e. The van der Waals surface area contributed by atoms with Gasteiger partial charge in [-0.1, -0.05) is 24.3 Å². The Kier molecular flexibility index (Phi) is 5.94. The van der Waals surface area contributed by atoms with E-state index in [1.54, 1.807) is 12.1 Å². The third-order valence-electron chi connectivity index (χ3n) is 4.82. The lowest BCUT2D eigenvalue weighted by atomic mass is 10.2. The number of carbonyl (C=O) groups is 1. The van der Waals surface area contributed by atoms with Crippen LogP contribution in [0.25, 0.3) is 0 Å². The Labute approximate surface area is 160 Å². The van der Waals surface area contributed by atoms with Crippen LogP contribution >= 0.6 is 0 Å². The number of carbonyl (C=O) groups excluding carboxylic acids is 1. The number of Topliss-reactive ketones (excluding diaryl/α,β-unsaturated/α-hetero) is 1. The molecule has 0 bridgehead atoms. The molecule has 0 atom stereocenters. The highest BCUT2D eigenvalue weighted by Gasteiger charge is 2.16. The van der Waals surface area contributed by atoms with Crippen LogP contribution in [0, 0.1) is 0 Å². The highest BCUT2D eigenvalue weighted by atomic mass is 32.2. The third kappa shape index (κ3) is 4.94. The van der Waals surface area contributed by atoms with Crippen LogP contribution in [0.5, 0.6) is 0 Å². The van der Waals surface area contributed by atoms with Crippen molar-refractivity contribution in [3.63, 3.8) is 0 Å². The van der Waals surface area contributed by atoms with Crippen molar-refractivity contribution in [3.8, 4) is 0 Å². The highest BCUT2D eigenvalue weighted by Crippen LogP contribution is 2.18. The van der Waals surface area contributed by atoms with Crippen molar-refractivity contribution < 1.29 is 13.2 Å². The fourth-order valence-corrected chi connectivity index (χ4v) is 4.10. The van der Waals surface area contributed by atoms with Gasteiger partial charge in [-0.25, -0.2) is 13.1 Å². The van der Waals surface area contributed by atoms with Gasteiger partial charge in [-0.05, 0) is 43.8 Å². The van der Waals surface area contributed by atoms with E-state index >= 15 is 0 Å². The lowest BCUT2D eigenvalue weighted by Gasteiger charge is -2.34. The van der Waals surface area contributed by atoms with E-state index < -0.39 is 10.0 Å². The summed E-state index contributed by atoms with van der Waals surface area (Å²) >= 11 is 0. The number of benzene rings is 2. The van der Waals surface area contributed by atoms with Crippen molar-refractivity contribution in [1.29, 1.82) is 0 Å². The number of likely N-dealkylation sites (N-methyl/N-ethyl adjacent to an activating group) is 1. The summed E-state index contributed by atoms with van der Waals surface area (Å²) in [6, 6.07) is 14.0. The van der Waals surface area contributed by atoms with Gasteiger partial charge < -0.3 is 9.80 Å². The van der Waals surface area contributed by atoms with E-state index in [1.165, 1.54) is 19.1 Å². The summed E-state index contributed by atoms with van der Waals surface area (Å²) in [6.45, 7) is 5.70. The van der Waals surface area contributed by atoms with E-state index in [9.17, 15) is 13.2 Å². The summed E-state index contributed by atoms with van der Waals surface area (Å²) in [4.78, 5) is 16.2. The van der Waals surface area contributed by atoms with Gasteiger partial charge >= 0.3 is 0 Å². The smallest absolute Gasteiger partial charge is 0.240 e. The number of ketones is 1. The lowest BCUT2D eigenvalue weighted by molar-refractivity contribution is 0.101. The number of nitrogens with zero attached hydrogens (tertiary/aromatic N) is 2. The standard InChI is InChI=1S/C20H25N3O3S/c1-16(24)18-4-3-5-20(14-18)27(25,26)21-15-17-6-8-19(9-7-17)23-12-10-22(2)11-13-23/h3-9,14,21H,10-13,15H2,1-2H3. The van der Waals surface area contributed by atoms with Crippen LogP contribution in [0.1, 0.15) is 22.8 Å². The van der Waals surface area contributed by atoms with Gasteiger partial charge in [-0.3, -0.25) is 4.79 Å². The first-order chi connectivity index (χ1) is 12.8. The van der Waals surface area contributed by atoms with E-state index in [-0.39, 0.29) is 17.2 Å². The molecule has 0 aromatic heterocycles. The second-order valence-corrected chi connectivity index (χ2v) is 8.63. The Morgan fingerprint density at radius 1 is 1.04 bits per heavy atom. The maximum Gasteiger partial charge on any atom is 0.240 e. The zero-order chi connectivity index (χ0) is 19.4. The zero-order valence-electron chi connectivity index (χ0n) is 15.7. The molecule has 1 saturated heterocycles. The molecule has 6 nitrogen and oxygen atoms in total. The average molecular weight is 388 g/mol. The van der Waals surface area contributed by atoms with E-state index in [0.717, 1.165) is 37.4 Å². The van der Waals surface area contributed by atoms with Crippen molar-refractivity contribution >= 4 is 21.5 Å². The first-order valence-electron chi connectivity index (χ1n) is 8.98. The molecule has 2 aromatic carbocycles. The summed E-state index contributed by atoms with van der Waals surface area (Å²) in [5.41, 5.74) is 2.43. The van der Waals surface area contributed by atoms with E-state index in [4.69, 9.17) is 0 Å². The molecule has 0 spiro atoms. The minimum absolute atomic E-state index is 0.101. The van der Waals surface area contributed by atoms with Crippen LogP contribution in [0.3, 0.4) is 0 Å². The zero-order valence-corrected chi connectivity index (χ0v) is 16.5. The summed E-state index contributed by atoms with van der Waals surface area (Å²) < 4.78 is 27.6. The van der Waals surface area contributed by atoms with E-state index in [1.807, 2.05) is 24.3 Å². The Bertz CT molecular complexity index is 902. The Balaban J connectivity index is 1.64. The maximum absolute atomic E-state index is 12.5. The molecule has 1 fully saturated rings. The summed E-state index contributed by atoms with van der Waals surface area (Å²) in [6.07, 6.45) is 0. The minimum atomic E-state index is -3.67. The van der Waals surface area contributed by atoms with Gasteiger partial charge in [0.25, 0.3) is 0 Å². The van der Waals surface area contributed by atoms with Crippen LogP contribution in [0.2, 0.25) is 0 Å². The van der Waals surface area contributed by atoms with Crippen LogP contribution in [-0.4, -0.2) is 52.3 Å². The fourth-order valence-electron chi connectivity index (χ4n) is 3.03. The van der Waals surface area contributed by atoms with E-state index in [2.05, 4.69) is 21.6 Å². The molecule has 27 heavy (non-hydrogen) atoms. The molecule has 0 unspecified atom stereocenters. The Morgan fingerprint density at radius 3 is 2.33 bits per heavy atom. The van der Waals surface area contributed by atoms with Gasteiger partial charge in [0.05, 0.1) is 4.90 Å². The SMILES string of the molecule is CC(=O)c1cccc(S(=O)(=O)NCc2ccc(N3CCN(C)CC3)cc2)c1. The number of piperazine rings is 1. The number of sulfonamides is 1. The molecule has 2 aromatic rings. The number of hydrogen-bond donors (Lipinski definition) is 1. The molecule has 0 aliphatic carbocycles. The fraction of sp³-hybridized carbons (Fsp3) is 0.350. The van der Waals surface area contributed by atoms with Crippen LogP contribution < -0.4 is 9.62 Å². The Hall–Kier alpha value is -2.22. The van der Waals surface area contributed by atoms with Crippen molar-refractivity contribution in [2.45, 2.75) is 18.4 Å². The maximum atomic E-state index is 12.5. The van der Waals surface area contributed by atoms with Gasteiger partial charge in [-0.2, -0.15) is 0 Å². The molecule has 0 radical (unpaired) electrons. The highest BCUT2D eigenvalue weighted by molar-refractivity contribution is 7.89. The van der Waals surface area contributed by atoms with Crippen molar-refractivity contribution in [2.24, 2.45) is 0 Å². The van der Waals surface area contributed by atoms with Crippen molar-refractivity contribution in [3.05, 3.63) is 59.7 Å². The number of nitrogens with one attached hydrogen (secondary N) is 1. The topological polar surface area (TPSA) is 69.7 Å². The van der Waals surface area contributed by atoms with Crippen LogP contribution in [0.15, 0.2) is 53.4 Å². The second kappa shape index (κ2) is 8.21.